The molecule has 3 rings (SSSR count). The number of halogens is 2. The predicted molar refractivity (Wildman–Crippen MR) is 54.1 cm³/mol. The Bertz CT molecular complexity index is 393. The highest BCUT2D eigenvalue weighted by Crippen LogP contribution is 2.56. The standard InChI is InChI=1S/C11H11ClFN/c12-9-3-7(1-2-10(9)13)11-4-8(11)5-14-6-11/h1-3,8,14H,4-6H2/t8-,11+/m1/s1. The van der Waals surface area contributed by atoms with Crippen molar-refractivity contribution in [1.29, 1.82) is 0 Å². The van der Waals surface area contributed by atoms with E-state index in [9.17, 15) is 4.39 Å². The van der Waals surface area contributed by atoms with Gasteiger partial charge in [-0.2, -0.15) is 0 Å². The Morgan fingerprint density at radius 2 is 2.36 bits per heavy atom. The minimum atomic E-state index is -0.324. The molecule has 1 saturated heterocycles. The van der Waals surface area contributed by atoms with E-state index < -0.39 is 0 Å². The maximum absolute atomic E-state index is 13.0. The van der Waals surface area contributed by atoms with Crippen LogP contribution in [0.4, 0.5) is 4.39 Å². The van der Waals surface area contributed by atoms with E-state index in [1.807, 2.05) is 6.07 Å². The molecule has 1 nitrogen and oxygen atoms in total. The molecule has 74 valence electrons. The highest BCUT2D eigenvalue weighted by Gasteiger charge is 2.58. The van der Waals surface area contributed by atoms with Crippen LogP contribution in [0.3, 0.4) is 0 Å². The number of piperidine rings is 1. The number of benzene rings is 1. The minimum Gasteiger partial charge on any atom is -0.316 e. The molecule has 1 aromatic rings. The summed E-state index contributed by atoms with van der Waals surface area (Å²) < 4.78 is 13.0. The molecule has 1 N–H and O–H groups in total. The van der Waals surface area contributed by atoms with Crippen molar-refractivity contribution in [3.05, 3.63) is 34.6 Å². The molecule has 0 aromatic heterocycles. The molecule has 1 heterocycles. The van der Waals surface area contributed by atoms with E-state index in [-0.39, 0.29) is 16.3 Å². The number of rotatable bonds is 1. The van der Waals surface area contributed by atoms with Crippen LogP contribution in [0.5, 0.6) is 0 Å². The van der Waals surface area contributed by atoms with Gasteiger partial charge < -0.3 is 5.32 Å². The topological polar surface area (TPSA) is 12.0 Å². The molecule has 1 aliphatic carbocycles. The zero-order chi connectivity index (χ0) is 9.76. The van der Waals surface area contributed by atoms with Crippen LogP contribution in [0, 0.1) is 11.7 Å². The fourth-order valence-corrected chi connectivity index (χ4v) is 2.78. The molecule has 0 radical (unpaired) electrons. The first-order valence-corrected chi connectivity index (χ1v) is 5.26. The molecule has 1 aliphatic heterocycles. The van der Waals surface area contributed by atoms with Crippen LogP contribution in [0.1, 0.15) is 12.0 Å². The fourth-order valence-electron chi connectivity index (χ4n) is 2.60. The third-order valence-electron chi connectivity index (χ3n) is 3.56. The Labute approximate surface area is 87.3 Å². The highest BCUT2D eigenvalue weighted by molar-refractivity contribution is 6.30. The number of hydrogen-bond acceptors (Lipinski definition) is 1. The van der Waals surface area contributed by atoms with E-state index in [1.54, 1.807) is 6.07 Å². The molecule has 0 amide bonds. The molecule has 0 unspecified atom stereocenters. The number of fused-ring (bicyclic) bond motifs is 1. The average molecular weight is 212 g/mol. The van der Waals surface area contributed by atoms with E-state index in [0.717, 1.165) is 19.0 Å². The second-order valence-corrected chi connectivity index (χ2v) is 4.72. The summed E-state index contributed by atoms with van der Waals surface area (Å²) in [5.41, 5.74) is 1.47. The van der Waals surface area contributed by atoms with Crippen LogP contribution in [0.25, 0.3) is 0 Å². The van der Waals surface area contributed by atoms with E-state index in [2.05, 4.69) is 5.32 Å². The first-order chi connectivity index (χ1) is 6.72. The lowest BCUT2D eigenvalue weighted by Crippen LogP contribution is -2.19. The van der Waals surface area contributed by atoms with Gasteiger partial charge in [0.1, 0.15) is 5.82 Å². The molecule has 1 saturated carbocycles. The highest BCUT2D eigenvalue weighted by atomic mass is 35.5. The van der Waals surface area contributed by atoms with Gasteiger partial charge in [-0.15, -0.1) is 0 Å². The third-order valence-corrected chi connectivity index (χ3v) is 3.85. The van der Waals surface area contributed by atoms with Crippen molar-refractivity contribution in [1.82, 2.24) is 5.32 Å². The fraction of sp³-hybridized carbons (Fsp3) is 0.455. The average Bonchev–Trinajstić information content (AvgIpc) is 2.75. The maximum atomic E-state index is 13.0. The van der Waals surface area contributed by atoms with Gasteiger partial charge in [-0.1, -0.05) is 17.7 Å². The molecule has 3 heteroatoms. The summed E-state index contributed by atoms with van der Waals surface area (Å²) in [6.07, 6.45) is 1.22. The van der Waals surface area contributed by atoms with Gasteiger partial charge in [0.15, 0.2) is 0 Å². The van der Waals surface area contributed by atoms with Crippen LogP contribution >= 0.6 is 11.6 Å². The van der Waals surface area contributed by atoms with Crippen molar-refractivity contribution < 1.29 is 4.39 Å². The van der Waals surface area contributed by atoms with E-state index in [1.165, 1.54) is 18.1 Å². The van der Waals surface area contributed by atoms with Crippen LogP contribution in [-0.2, 0) is 5.41 Å². The zero-order valence-corrected chi connectivity index (χ0v) is 8.44. The molecule has 2 aliphatic rings. The van der Waals surface area contributed by atoms with E-state index in [4.69, 9.17) is 11.6 Å². The predicted octanol–water partition coefficient (Wildman–Crippen LogP) is 2.34. The molecule has 2 atom stereocenters. The molecular formula is C11H11ClFN. The molecule has 14 heavy (non-hydrogen) atoms. The Hall–Kier alpha value is -0.600. The summed E-state index contributed by atoms with van der Waals surface area (Å²) in [4.78, 5) is 0. The summed E-state index contributed by atoms with van der Waals surface area (Å²) in [5.74, 6) is 0.416. The Morgan fingerprint density at radius 3 is 2.93 bits per heavy atom. The second-order valence-electron chi connectivity index (χ2n) is 4.32. The second kappa shape index (κ2) is 2.71. The van der Waals surface area contributed by atoms with Crippen LogP contribution in [0.15, 0.2) is 18.2 Å². The van der Waals surface area contributed by atoms with Gasteiger partial charge in [-0.25, -0.2) is 4.39 Å². The van der Waals surface area contributed by atoms with Crippen LogP contribution in [0.2, 0.25) is 5.02 Å². The van der Waals surface area contributed by atoms with Crippen molar-refractivity contribution in [2.45, 2.75) is 11.8 Å². The van der Waals surface area contributed by atoms with Crippen molar-refractivity contribution in [3.8, 4) is 0 Å². The zero-order valence-electron chi connectivity index (χ0n) is 7.69. The lowest BCUT2D eigenvalue weighted by Gasteiger charge is -2.12. The van der Waals surface area contributed by atoms with Gasteiger partial charge in [-0.05, 0) is 36.6 Å². The normalized spacial score (nSPS) is 34.3. The summed E-state index contributed by atoms with van der Waals surface area (Å²) >= 11 is 5.78. The smallest absolute Gasteiger partial charge is 0.141 e. The number of hydrogen-bond donors (Lipinski definition) is 1. The third kappa shape index (κ3) is 1.04. The minimum absolute atomic E-state index is 0.245. The first-order valence-electron chi connectivity index (χ1n) is 4.89. The van der Waals surface area contributed by atoms with Crippen molar-refractivity contribution in [3.63, 3.8) is 0 Å². The van der Waals surface area contributed by atoms with Gasteiger partial charge >= 0.3 is 0 Å². The van der Waals surface area contributed by atoms with Crippen molar-refractivity contribution in [2.75, 3.05) is 13.1 Å². The lowest BCUT2D eigenvalue weighted by atomic mass is 9.95. The SMILES string of the molecule is Fc1ccc([C@]23CNC[C@H]2C3)cc1Cl. The van der Waals surface area contributed by atoms with Crippen molar-refractivity contribution >= 4 is 11.6 Å². The summed E-state index contributed by atoms with van der Waals surface area (Å²) in [7, 11) is 0. The number of nitrogens with one attached hydrogen (secondary N) is 1. The molecule has 0 bridgehead atoms. The molecule has 1 aromatic carbocycles. The van der Waals surface area contributed by atoms with Gasteiger partial charge in [-0.3, -0.25) is 0 Å². The molecule has 0 spiro atoms. The quantitative estimate of drug-likeness (QED) is 0.752. The van der Waals surface area contributed by atoms with E-state index in [0.29, 0.717) is 0 Å². The lowest BCUT2D eigenvalue weighted by molar-refractivity contribution is 0.622. The Morgan fingerprint density at radius 1 is 1.50 bits per heavy atom. The van der Waals surface area contributed by atoms with E-state index >= 15 is 0 Å². The van der Waals surface area contributed by atoms with Crippen molar-refractivity contribution in [2.24, 2.45) is 5.92 Å². The van der Waals surface area contributed by atoms with Crippen LogP contribution in [-0.4, -0.2) is 13.1 Å². The first kappa shape index (κ1) is 8.69. The summed E-state index contributed by atoms with van der Waals surface area (Å²) in [6, 6.07) is 5.12. The van der Waals surface area contributed by atoms with Gasteiger partial charge in [0, 0.05) is 12.0 Å². The summed E-state index contributed by atoms with van der Waals surface area (Å²) in [5, 5.41) is 3.60. The van der Waals surface area contributed by atoms with Gasteiger partial charge in [0.05, 0.1) is 5.02 Å². The maximum Gasteiger partial charge on any atom is 0.141 e. The van der Waals surface area contributed by atoms with Gasteiger partial charge in [0.2, 0.25) is 0 Å². The monoisotopic (exact) mass is 211 g/mol. The van der Waals surface area contributed by atoms with Crippen LogP contribution < -0.4 is 5.32 Å². The Balaban J connectivity index is 2.01. The Kier molecular flexibility index (Phi) is 1.68. The molecular weight excluding hydrogens is 201 g/mol. The molecule has 2 fully saturated rings. The van der Waals surface area contributed by atoms with Gasteiger partial charge in [0.25, 0.3) is 0 Å². The largest absolute Gasteiger partial charge is 0.316 e. The summed E-state index contributed by atoms with van der Waals surface area (Å²) in [6.45, 7) is 2.11.